The number of piperidine rings is 1. The van der Waals surface area contributed by atoms with Gasteiger partial charge in [0.15, 0.2) is 0 Å². The number of carbonyl (C=O) groups excluding carboxylic acids is 1. The standard InChI is InChI=1S/C29H38F5N3O4/c1-41-21-5-3-20(4-6-21)36-13-10-28(31,17-36)27(40)37-15-23(24(30)16-37)22-7-2-19(29(32,33)34)14-25(22)35-11-8-18(9-12-35)26(38)39/h2,7,14,18,20-21,23-24H,3-6,8-13,15-17H2,1H3,(H,38,39)/t20?,21?,23-,24+,28-/m1/s1. The molecule has 4 aliphatic rings. The Morgan fingerprint density at radius 3 is 2.32 bits per heavy atom. The molecule has 7 nitrogen and oxygen atoms in total. The summed E-state index contributed by atoms with van der Waals surface area (Å²) in [6.07, 6.45) is -1.96. The molecule has 3 aliphatic heterocycles. The van der Waals surface area contributed by atoms with Crippen molar-refractivity contribution < 1.29 is 41.4 Å². The number of methoxy groups -OCH3 is 1. The fourth-order valence-electron chi connectivity index (χ4n) is 7.11. The summed E-state index contributed by atoms with van der Waals surface area (Å²) < 4.78 is 77.8. The van der Waals surface area contributed by atoms with Crippen molar-refractivity contribution in [2.24, 2.45) is 5.92 Å². The number of benzene rings is 1. The normalized spacial score (nSPS) is 32.0. The summed E-state index contributed by atoms with van der Waals surface area (Å²) in [5, 5.41) is 9.32. The number of likely N-dealkylation sites (tertiary alicyclic amines) is 2. The van der Waals surface area contributed by atoms with E-state index in [-0.39, 0.29) is 69.8 Å². The van der Waals surface area contributed by atoms with Gasteiger partial charge in [-0.3, -0.25) is 14.5 Å². The number of hydrogen-bond donors (Lipinski definition) is 1. The first kappa shape index (κ1) is 30.0. The van der Waals surface area contributed by atoms with Crippen molar-refractivity contribution in [3.05, 3.63) is 29.3 Å². The Kier molecular flexibility index (Phi) is 8.53. The fourth-order valence-corrected chi connectivity index (χ4v) is 7.11. The largest absolute Gasteiger partial charge is 0.481 e. The number of ether oxygens (including phenoxy) is 1. The minimum absolute atomic E-state index is 0.0260. The van der Waals surface area contributed by atoms with Gasteiger partial charge in [0.2, 0.25) is 5.67 Å². The minimum atomic E-state index is -4.61. The molecule has 0 spiro atoms. The van der Waals surface area contributed by atoms with Crippen LogP contribution in [0.4, 0.5) is 27.6 Å². The summed E-state index contributed by atoms with van der Waals surface area (Å²) in [7, 11) is 1.68. The molecule has 1 aromatic carbocycles. The van der Waals surface area contributed by atoms with Gasteiger partial charge in [-0.1, -0.05) is 6.07 Å². The van der Waals surface area contributed by atoms with Gasteiger partial charge in [0.1, 0.15) is 6.17 Å². The molecule has 3 atom stereocenters. The molecule has 1 amide bonds. The van der Waals surface area contributed by atoms with Gasteiger partial charge < -0.3 is 19.6 Å². The summed E-state index contributed by atoms with van der Waals surface area (Å²) in [6, 6.07) is 3.32. The molecule has 3 heterocycles. The van der Waals surface area contributed by atoms with Gasteiger partial charge in [-0.2, -0.15) is 13.2 Å². The van der Waals surface area contributed by atoms with Crippen LogP contribution in [0.3, 0.4) is 0 Å². The lowest BCUT2D eigenvalue weighted by Crippen LogP contribution is -2.48. The highest BCUT2D eigenvalue weighted by Gasteiger charge is 2.51. The Morgan fingerprint density at radius 2 is 1.71 bits per heavy atom. The highest BCUT2D eigenvalue weighted by Crippen LogP contribution is 2.42. The zero-order valence-electron chi connectivity index (χ0n) is 23.2. The first-order chi connectivity index (χ1) is 19.4. The van der Waals surface area contributed by atoms with Crippen molar-refractivity contribution in [1.82, 2.24) is 9.80 Å². The van der Waals surface area contributed by atoms with Crippen LogP contribution in [-0.2, 0) is 20.5 Å². The maximum atomic E-state index is 16.1. The second kappa shape index (κ2) is 11.7. The number of amides is 1. The molecule has 41 heavy (non-hydrogen) atoms. The van der Waals surface area contributed by atoms with Crippen LogP contribution < -0.4 is 4.90 Å². The quantitative estimate of drug-likeness (QED) is 0.489. The average Bonchev–Trinajstić information content (AvgIpc) is 3.55. The number of halogens is 5. The summed E-state index contributed by atoms with van der Waals surface area (Å²) in [5.41, 5.74) is -2.50. The van der Waals surface area contributed by atoms with Crippen LogP contribution in [0.2, 0.25) is 0 Å². The van der Waals surface area contributed by atoms with E-state index < -0.39 is 47.3 Å². The molecular weight excluding hydrogens is 549 g/mol. The molecule has 3 saturated heterocycles. The minimum Gasteiger partial charge on any atom is -0.481 e. The molecule has 5 rings (SSSR count). The van der Waals surface area contributed by atoms with Crippen LogP contribution in [0.1, 0.15) is 62.0 Å². The highest BCUT2D eigenvalue weighted by molar-refractivity contribution is 5.86. The first-order valence-electron chi connectivity index (χ1n) is 14.5. The predicted molar refractivity (Wildman–Crippen MR) is 141 cm³/mol. The zero-order valence-corrected chi connectivity index (χ0v) is 23.2. The Balaban J connectivity index is 1.31. The van der Waals surface area contributed by atoms with Crippen LogP contribution in [-0.4, -0.2) is 97.1 Å². The van der Waals surface area contributed by atoms with E-state index in [1.807, 2.05) is 4.90 Å². The summed E-state index contributed by atoms with van der Waals surface area (Å²) in [5.74, 6) is -3.21. The molecule has 1 aromatic rings. The van der Waals surface area contributed by atoms with Gasteiger partial charge in [0.05, 0.1) is 24.1 Å². The van der Waals surface area contributed by atoms with Gasteiger partial charge >= 0.3 is 12.1 Å². The van der Waals surface area contributed by atoms with Gasteiger partial charge in [-0.25, -0.2) is 8.78 Å². The Hall–Kier alpha value is -2.47. The molecule has 4 fully saturated rings. The van der Waals surface area contributed by atoms with E-state index in [0.29, 0.717) is 12.1 Å². The van der Waals surface area contributed by atoms with Crippen molar-refractivity contribution >= 4 is 17.6 Å². The molecule has 1 aliphatic carbocycles. The number of carboxylic acids is 1. The topological polar surface area (TPSA) is 73.3 Å². The predicted octanol–water partition coefficient (Wildman–Crippen LogP) is 4.64. The smallest absolute Gasteiger partial charge is 0.416 e. The van der Waals surface area contributed by atoms with Gasteiger partial charge in [-0.05, 0) is 56.2 Å². The van der Waals surface area contributed by atoms with E-state index in [9.17, 15) is 27.9 Å². The van der Waals surface area contributed by atoms with Crippen LogP contribution >= 0.6 is 0 Å². The van der Waals surface area contributed by atoms with E-state index in [1.54, 1.807) is 12.0 Å². The molecule has 0 radical (unpaired) electrons. The summed E-state index contributed by atoms with van der Waals surface area (Å²) in [4.78, 5) is 29.7. The van der Waals surface area contributed by atoms with E-state index in [2.05, 4.69) is 0 Å². The fraction of sp³-hybridized carbons (Fsp3) is 0.724. The molecule has 228 valence electrons. The van der Waals surface area contributed by atoms with Gasteiger partial charge in [0, 0.05) is 63.9 Å². The van der Waals surface area contributed by atoms with Crippen molar-refractivity contribution in [2.75, 3.05) is 51.3 Å². The average molecular weight is 588 g/mol. The number of rotatable bonds is 6. The number of alkyl halides is 5. The molecule has 1 saturated carbocycles. The Labute approximate surface area is 236 Å². The summed E-state index contributed by atoms with van der Waals surface area (Å²) in [6.45, 7) is 0.372. The van der Waals surface area contributed by atoms with Gasteiger partial charge in [-0.15, -0.1) is 0 Å². The SMILES string of the molecule is COC1CCC(N2CC[C@](F)(C(=O)N3C[C@H](c4ccc(C(F)(F)F)cc4N4CCC(C(=O)O)CC4)[C@@H](F)C3)C2)CC1. The third-order valence-electron chi connectivity index (χ3n) is 9.60. The molecule has 12 heteroatoms. The monoisotopic (exact) mass is 587 g/mol. The first-order valence-corrected chi connectivity index (χ1v) is 14.5. The van der Waals surface area contributed by atoms with E-state index >= 15 is 8.78 Å². The lowest BCUT2D eigenvalue weighted by Gasteiger charge is -2.35. The van der Waals surface area contributed by atoms with E-state index in [0.717, 1.165) is 37.8 Å². The number of anilines is 1. The van der Waals surface area contributed by atoms with Crippen molar-refractivity contribution in [3.8, 4) is 0 Å². The molecule has 0 aromatic heterocycles. The van der Waals surface area contributed by atoms with Crippen LogP contribution in [0.5, 0.6) is 0 Å². The third-order valence-corrected chi connectivity index (χ3v) is 9.60. The van der Waals surface area contributed by atoms with Crippen LogP contribution in [0.15, 0.2) is 18.2 Å². The maximum absolute atomic E-state index is 16.1. The maximum Gasteiger partial charge on any atom is 0.416 e. The summed E-state index contributed by atoms with van der Waals surface area (Å²) >= 11 is 0. The number of aliphatic carboxylic acids is 1. The highest BCUT2D eigenvalue weighted by atomic mass is 19.4. The van der Waals surface area contributed by atoms with Crippen molar-refractivity contribution in [2.45, 2.75) is 81.0 Å². The second-order valence-electron chi connectivity index (χ2n) is 12.1. The van der Waals surface area contributed by atoms with Gasteiger partial charge in [0.25, 0.3) is 5.91 Å². The molecule has 0 unspecified atom stereocenters. The Morgan fingerprint density at radius 1 is 1.02 bits per heavy atom. The lowest BCUT2D eigenvalue weighted by atomic mass is 9.91. The van der Waals surface area contributed by atoms with E-state index in [4.69, 9.17) is 4.74 Å². The van der Waals surface area contributed by atoms with Crippen LogP contribution in [0.25, 0.3) is 0 Å². The van der Waals surface area contributed by atoms with E-state index in [1.165, 1.54) is 11.0 Å². The number of carboxylic acid groups (broad SMARTS) is 1. The second-order valence-corrected chi connectivity index (χ2v) is 12.1. The molecular formula is C29H38F5N3O4. The lowest BCUT2D eigenvalue weighted by molar-refractivity contribution is -0.143. The molecule has 1 N–H and O–H groups in total. The number of hydrogen-bond acceptors (Lipinski definition) is 5. The number of carbonyl (C=O) groups is 2. The molecule has 0 bridgehead atoms. The Bertz CT molecular complexity index is 1120. The van der Waals surface area contributed by atoms with Crippen molar-refractivity contribution in [1.29, 1.82) is 0 Å². The van der Waals surface area contributed by atoms with Crippen LogP contribution in [0, 0.1) is 5.92 Å². The van der Waals surface area contributed by atoms with Crippen molar-refractivity contribution in [3.63, 3.8) is 0 Å². The third kappa shape index (κ3) is 6.18. The zero-order chi connectivity index (χ0) is 29.5. The number of nitrogens with zero attached hydrogens (tertiary/aromatic N) is 3.